The molecule has 0 aromatic carbocycles. The zero-order valence-corrected chi connectivity index (χ0v) is 22.4. The minimum Gasteiger partial charge on any atom is -0.356 e. The number of unbranched alkanes of at least 4 members (excludes halogenated alkanes) is 1. The highest BCUT2D eigenvalue weighted by atomic mass is 32.1. The van der Waals surface area contributed by atoms with Gasteiger partial charge in [0, 0.05) is 17.9 Å². The summed E-state index contributed by atoms with van der Waals surface area (Å²) in [5, 5.41) is 7.79. The topological polar surface area (TPSA) is 54.9 Å². The Kier molecular flexibility index (Phi) is 5.82. The zero-order valence-electron chi connectivity index (χ0n) is 21.5. The van der Waals surface area contributed by atoms with Crippen LogP contribution in [0, 0.1) is 40.4 Å². The summed E-state index contributed by atoms with van der Waals surface area (Å²) in [6.07, 6.45) is 12.2. The van der Waals surface area contributed by atoms with E-state index in [1.165, 1.54) is 42.7 Å². The van der Waals surface area contributed by atoms with E-state index in [0.29, 0.717) is 11.3 Å². The first-order chi connectivity index (χ1) is 15.6. The van der Waals surface area contributed by atoms with Crippen molar-refractivity contribution in [3.63, 3.8) is 0 Å². The van der Waals surface area contributed by atoms with E-state index in [4.69, 9.17) is 0 Å². The molecule has 1 heterocycles. The highest BCUT2D eigenvalue weighted by molar-refractivity contribution is 7.05. The molecule has 7 atom stereocenters. The number of carbonyl (C=O) groups excluding carboxylic acids is 1. The van der Waals surface area contributed by atoms with Crippen LogP contribution in [0.1, 0.15) is 97.1 Å². The van der Waals surface area contributed by atoms with Crippen molar-refractivity contribution in [1.82, 2.24) is 14.9 Å². The van der Waals surface area contributed by atoms with Crippen molar-refractivity contribution in [2.75, 3.05) is 6.54 Å². The van der Waals surface area contributed by atoms with Crippen LogP contribution in [0.5, 0.6) is 0 Å². The second-order valence-corrected chi connectivity index (χ2v) is 13.5. The number of amides is 1. The van der Waals surface area contributed by atoms with Crippen LogP contribution in [0.3, 0.4) is 0 Å². The molecule has 1 N–H and O–H groups in total. The van der Waals surface area contributed by atoms with Crippen LogP contribution >= 0.6 is 11.5 Å². The van der Waals surface area contributed by atoms with E-state index in [9.17, 15) is 4.79 Å². The number of rotatable bonds is 5. The van der Waals surface area contributed by atoms with Crippen LogP contribution in [-0.4, -0.2) is 22.0 Å². The molecule has 4 aliphatic rings. The first kappa shape index (κ1) is 23.5. The molecule has 1 amide bonds. The number of fused-ring (bicyclic) bond motifs is 6. The molecule has 5 heteroatoms. The molecule has 182 valence electrons. The lowest BCUT2D eigenvalue weighted by Crippen LogP contribution is -2.54. The van der Waals surface area contributed by atoms with Crippen LogP contribution in [-0.2, 0) is 16.6 Å². The summed E-state index contributed by atoms with van der Waals surface area (Å²) < 4.78 is 4.36. The van der Waals surface area contributed by atoms with Gasteiger partial charge in [-0.25, -0.2) is 0 Å². The third kappa shape index (κ3) is 3.38. The van der Waals surface area contributed by atoms with E-state index >= 15 is 0 Å². The van der Waals surface area contributed by atoms with Crippen molar-refractivity contribution >= 4 is 17.4 Å². The van der Waals surface area contributed by atoms with Gasteiger partial charge in [-0.05, 0) is 91.0 Å². The minimum atomic E-state index is -0.00957. The number of nitrogens with zero attached hydrogens (tertiary/aromatic N) is 2. The van der Waals surface area contributed by atoms with Gasteiger partial charge < -0.3 is 5.32 Å². The molecule has 1 aromatic rings. The summed E-state index contributed by atoms with van der Waals surface area (Å²) in [5.41, 5.74) is 3.35. The first-order valence-electron chi connectivity index (χ1n) is 13.4. The van der Waals surface area contributed by atoms with Crippen LogP contribution < -0.4 is 5.32 Å². The van der Waals surface area contributed by atoms with Gasteiger partial charge in [0.25, 0.3) is 0 Å². The summed E-state index contributed by atoms with van der Waals surface area (Å²) >= 11 is 1.62. The standard InChI is InChI=1S/C28H43N3OS/c1-7-8-15-29-25(32)17(2)19-10-11-20-18-9-12-23-26(3,4)24-22(33-31-30-24)16-28(23,6)21(18)13-14-27(19,20)5/h12,17-21H,7-11,13-16H2,1-6H3,(H,29,32)/t17-,18-,19+,20-,21-,27+,28+/m0/s1. The lowest BCUT2D eigenvalue weighted by atomic mass is 9.45. The molecular formula is C28H43N3OS. The summed E-state index contributed by atoms with van der Waals surface area (Å²) in [4.78, 5) is 14.4. The van der Waals surface area contributed by atoms with Gasteiger partial charge in [-0.15, -0.1) is 5.10 Å². The van der Waals surface area contributed by atoms with Crippen molar-refractivity contribution in [3.05, 3.63) is 22.2 Å². The van der Waals surface area contributed by atoms with Crippen LogP contribution in [0.25, 0.3) is 0 Å². The van der Waals surface area contributed by atoms with Gasteiger partial charge in [0.2, 0.25) is 5.91 Å². The Bertz CT molecular complexity index is 951. The molecule has 5 rings (SSSR count). The van der Waals surface area contributed by atoms with Crippen molar-refractivity contribution in [2.24, 2.45) is 40.4 Å². The Balaban J connectivity index is 1.40. The van der Waals surface area contributed by atoms with Gasteiger partial charge in [-0.1, -0.05) is 64.1 Å². The lowest BCUT2D eigenvalue weighted by molar-refractivity contribution is -0.129. The van der Waals surface area contributed by atoms with Gasteiger partial charge in [0.05, 0.1) is 10.6 Å². The number of carbonyl (C=O) groups is 1. The van der Waals surface area contributed by atoms with Crippen molar-refractivity contribution in [1.29, 1.82) is 0 Å². The lowest BCUT2D eigenvalue weighted by Gasteiger charge is -2.59. The fourth-order valence-electron chi connectivity index (χ4n) is 9.14. The predicted octanol–water partition coefficient (Wildman–Crippen LogP) is 6.32. The van der Waals surface area contributed by atoms with E-state index in [0.717, 1.165) is 43.6 Å². The molecular weight excluding hydrogens is 426 g/mol. The predicted molar refractivity (Wildman–Crippen MR) is 135 cm³/mol. The van der Waals surface area contributed by atoms with Gasteiger partial charge in [-0.3, -0.25) is 4.79 Å². The van der Waals surface area contributed by atoms with Crippen molar-refractivity contribution in [3.8, 4) is 0 Å². The molecule has 0 bridgehead atoms. The molecule has 2 fully saturated rings. The monoisotopic (exact) mass is 469 g/mol. The molecule has 0 saturated heterocycles. The molecule has 4 aliphatic carbocycles. The van der Waals surface area contributed by atoms with Crippen molar-refractivity contribution < 1.29 is 4.79 Å². The molecule has 0 radical (unpaired) electrons. The van der Waals surface area contributed by atoms with Crippen LogP contribution in [0.2, 0.25) is 0 Å². The third-order valence-corrected chi connectivity index (χ3v) is 11.5. The highest BCUT2D eigenvalue weighted by Gasteiger charge is 2.61. The Labute approximate surface area is 204 Å². The maximum absolute atomic E-state index is 13.0. The SMILES string of the molecule is CCCCNC(=O)[C@@H](C)[C@H]1CC[C@H]2[C@@H]3CC=C4C(C)(C)c5nnsc5C[C@]4(C)[C@H]3CC[C@]12C. The van der Waals surface area contributed by atoms with Crippen molar-refractivity contribution in [2.45, 2.75) is 98.3 Å². The zero-order chi connectivity index (χ0) is 23.6. The normalized spacial score (nSPS) is 39.5. The molecule has 0 aliphatic heterocycles. The summed E-state index contributed by atoms with van der Waals surface area (Å²) in [7, 11) is 0. The number of hydrogen-bond donors (Lipinski definition) is 1. The molecule has 4 nitrogen and oxygen atoms in total. The van der Waals surface area contributed by atoms with Gasteiger partial charge in [0.15, 0.2) is 0 Å². The van der Waals surface area contributed by atoms with Gasteiger partial charge in [-0.2, -0.15) is 0 Å². The fourth-order valence-corrected chi connectivity index (χ4v) is 10.1. The first-order valence-corrected chi connectivity index (χ1v) is 14.2. The maximum atomic E-state index is 13.0. The van der Waals surface area contributed by atoms with Gasteiger partial charge in [0.1, 0.15) is 0 Å². The highest BCUT2D eigenvalue weighted by Crippen LogP contribution is 2.68. The van der Waals surface area contributed by atoms with Crippen LogP contribution in [0.4, 0.5) is 0 Å². The Hall–Kier alpha value is -1.23. The van der Waals surface area contributed by atoms with Gasteiger partial charge >= 0.3 is 0 Å². The second kappa shape index (κ2) is 8.17. The average Bonchev–Trinajstić information content (AvgIpc) is 3.37. The number of aromatic nitrogens is 2. The molecule has 33 heavy (non-hydrogen) atoms. The maximum Gasteiger partial charge on any atom is 0.223 e. The van der Waals surface area contributed by atoms with E-state index in [1.807, 2.05) is 0 Å². The molecule has 0 spiro atoms. The summed E-state index contributed by atoms with van der Waals surface area (Å²) in [6.45, 7) is 15.0. The molecule has 1 aromatic heterocycles. The Morgan fingerprint density at radius 3 is 2.76 bits per heavy atom. The minimum absolute atomic E-state index is 0.00957. The molecule has 2 saturated carbocycles. The number of hydrogen-bond acceptors (Lipinski definition) is 4. The Morgan fingerprint density at radius 2 is 2.00 bits per heavy atom. The fraction of sp³-hybridized carbons (Fsp3) is 0.821. The number of allylic oxidation sites excluding steroid dienone is 2. The average molecular weight is 470 g/mol. The van der Waals surface area contributed by atoms with E-state index in [-0.39, 0.29) is 22.7 Å². The number of nitrogens with one attached hydrogen (secondary N) is 1. The van der Waals surface area contributed by atoms with E-state index in [2.05, 4.69) is 62.5 Å². The third-order valence-electron chi connectivity index (χ3n) is 10.7. The van der Waals surface area contributed by atoms with E-state index in [1.54, 1.807) is 17.1 Å². The largest absolute Gasteiger partial charge is 0.356 e. The van der Waals surface area contributed by atoms with Crippen LogP contribution in [0.15, 0.2) is 11.6 Å². The Morgan fingerprint density at radius 1 is 1.21 bits per heavy atom. The second-order valence-electron chi connectivity index (χ2n) is 12.7. The molecule has 0 unspecified atom stereocenters. The smallest absolute Gasteiger partial charge is 0.223 e. The van der Waals surface area contributed by atoms with E-state index < -0.39 is 0 Å². The quantitative estimate of drug-likeness (QED) is 0.405. The summed E-state index contributed by atoms with van der Waals surface area (Å²) in [6, 6.07) is 0. The summed E-state index contributed by atoms with van der Waals surface area (Å²) in [5.74, 6) is 3.15.